The van der Waals surface area contributed by atoms with Crippen LogP contribution in [0, 0.1) is 12.8 Å². The average molecular weight is 281 g/mol. The fraction of sp³-hybridized carbons (Fsp3) is 0.357. The van der Waals surface area contributed by atoms with Gasteiger partial charge < -0.3 is 4.74 Å². The standard InChI is InChI=1S/C14H13ClO4/c1-3-19-14(18)13(17)10-5-8-4-7(2)11(15)6-9(8)12(10)16/h4,6,10H,3,5H2,1-2H3. The molecule has 0 spiro atoms. The van der Waals surface area contributed by atoms with E-state index >= 15 is 0 Å². The number of ketones is 2. The van der Waals surface area contributed by atoms with Crippen molar-refractivity contribution in [3.8, 4) is 0 Å². The number of Topliss-reactive ketones (excluding diaryl/α,β-unsaturated/α-hetero) is 2. The molecule has 0 fully saturated rings. The van der Waals surface area contributed by atoms with Gasteiger partial charge in [0.2, 0.25) is 0 Å². The summed E-state index contributed by atoms with van der Waals surface area (Å²) in [6.07, 6.45) is 0.240. The van der Waals surface area contributed by atoms with Crippen LogP contribution in [0.25, 0.3) is 0 Å². The number of fused-ring (bicyclic) bond motifs is 1. The van der Waals surface area contributed by atoms with E-state index in [1.807, 2.05) is 6.92 Å². The van der Waals surface area contributed by atoms with E-state index < -0.39 is 17.7 Å². The highest BCUT2D eigenvalue weighted by Gasteiger charge is 2.39. The van der Waals surface area contributed by atoms with Gasteiger partial charge in [-0.25, -0.2) is 4.79 Å². The lowest BCUT2D eigenvalue weighted by atomic mass is 10.00. The second-order valence-electron chi connectivity index (χ2n) is 4.46. The Labute approximate surface area is 115 Å². The third-order valence-corrected chi connectivity index (χ3v) is 3.59. The van der Waals surface area contributed by atoms with Gasteiger partial charge in [-0.1, -0.05) is 17.7 Å². The predicted octanol–water partition coefficient (Wildman–Crippen LogP) is 2.14. The maximum Gasteiger partial charge on any atom is 0.375 e. The van der Waals surface area contributed by atoms with Crippen LogP contribution in [-0.4, -0.2) is 24.1 Å². The number of hydrogen-bond acceptors (Lipinski definition) is 4. The number of esters is 1. The molecule has 1 aliphatic rings. The van der Waals surface area contributed by atoms with Crippen LogP contribution in [0.1, 0.15) is 28.4 Å². The maximum absolute atomic E-state index is 12.1. The third kappa shape index (κ3) is 2.40. The zero-order valence-corrected chi connectivity index (χ0v) is 11.4. The van der Waals surface area contributed by atoms with E-state index in [-0.39, 0.29) is 18.8 Å². The van der Waals surface area contributed by atoms with Gasteiger partial charge in [0.1, 0.15) is 0 Å². The van der Waals surface area contributed by atoms with E-state index in [0.29, 0.717) is 10.6 Å². The Morgan fingerprint density at radius 1 is 1.42 bits per heavy atom. The van der Waals surface area contributed by atoms with Crippen LogP contribution in [0.2, 0.25) is 5.02 Å². The lowest BCUT2D eigenvalue weighted by molar-refractivity contribution is -0.154. The van der Waals surface area contributed by atoms with Crippen molar-refractivity contribution in [3.05, 3.63) is 33.8 Å². The molecular formula is C14H13ClO4. The Kier molecular flexibility index (Phi) is 3.71. The molecular weight excluding hydrogens is 268 g/mol. The first-order valence-electron chi connectivity index (χ1n) is 6.00. The SMILES string of the molecule is CCOC(=O)C(=O)C1Cc2cc(C)c(Cl)cc2C1=O. The Bertz CT molecular complexity index is 577. The number of rotatable bonds is 3. The monoisotopic (exact) mass is 280 g/mol. The van der Waals surface area contributed by atoms with E-state index in [1.165, 1.54) is 0 Å². The van der Waals surface area contributed by atoms with Gasteiger partial charge in [-0.05, 0) is 37.5 Å². The number of ether oxygens (including phenoxy) is 1. The lowest BCUT2D eigenvalue weighted by Gasteiger charge is -2.05. The van der Waals surface area contributed by atoms with Crippen LogP contribution in [0.4, 0.5) is 0 Å². The molecule has 5 heteroatoms. The van der Waals surface area contributed by atoms with Crippen LogP contribution in [0.3, 0.4) is 0 Å². The molecule has 100 valence electrons. The van der Waals surface area contributed by atoms with E-state index in [9.17, 15) is 14.4 Å². The fourth-order valence-electron chi connectivity index (χ4n) is 2.20. The molecule has 1 aromatic carbocycles. The van der Waals surface area contributed by atoms with Crippen LogP contribution in [-0.2, 0) is 20.7 Å². The van der Waals surface area contributed by atoms with Crippen molar-refractivity contribution in [2.75, 3.05) is 6.61 Å². The summed E-state index contributed by atoms with van der Waals surface area (Å²) >= 11 is 5.97. The van der Waals surface area contributed by atoms with Gasteiger partial charge >= 0.3 is 5.97 Å². The minimum absolute atomic E-state index is 0.114. The van der Waals surface area contributed by atoms with Crippen LogP contribution < -0.4 is 0 Å². The number of carbonyl (C=O) groups excluding carboxylic acids is 3. The molecule has 0 saturated carbocycles. The largest absolute Gasteiger partial charge is 0.460 e. The van der Waals surface area contributed by atoms with Crippen molar-refractivity contribution in [1.29, 1.82) is 0 Å². The molecule has 0 aliphatic heterocycles. The van der Waals surface area contributed by atoms with Gasteiger partial charge in [-0.2, -0.15) is 0 Å². The molecule has 1 atom stereocenters. The number of hydrogen-bond donors (Lipinski definition) is 0. The molecule has 0 N–H and O–H groups in total. The van der Waals surface area contributed by atoms with E-state index in [1.54, 1.807) is 19.1 Å². The van der Waals surface area contributed by atoms with Gasteiger partial charge in [-0.3, -0.25) is 9.59 Å². The van der Waals surface area contributed by atoms with Gasteiger partial charge in [0.25, 0.3) is 5.78 Å². The minimum Gasteiger partial charge on any atom is -0.460 e. The Morgan fingerprint density at radius 2 is 2.11 bits per heavy atom. The topological polar surface area (TPSA) is 60.4 Å². The molecule has 0 aromatic heterocycles. The Hall–Kier alpha value is -1.68. The summed E-state index contributed by atoms with van der Waals surface area (Å²) in [6.45, 7) is 3.55. The number of carbonyl (C=O) groups is 3. The molecule has 0 heterocycles. The predicted molar refractivity (Wildman–Crippen MR) is 69.4 cm³/mol. The van der Waals surface area contributed by atoms with Gasteiger partial charge in [0.15, 0.2) is 5.78 Å². The third-order valence-electron chi connectivity index (χ3n) is 3.18. The van der Waals surface area contributed by atoms with E-state index in [0.717, 1.165) is 11.1 Å². The quantitative estimate of drug-likeness (QED) is 0.483. The summed E-state index contributed by atoms with van der Waals surface area (Å²) in [7, 11) is 0. The van der Waals surface area contributed by atoms with Crippen LogP contribution in [0.5, 0.6) is 0 Å². The molecule has 0 radical (unpaired) electrons. The molecule has 1 aliphatic carbocycles. The summed E-state index contributed by atoms with van der Waals surface area (Å²) in [4.78, 5) is 35.4. The summed E-state index contributed by atoms with van der Waals surface area (Å²) < 4.78 is 4.64. The highest BCUT2D eigenvalue weighted by molar-refractivity contribution is 6.40. The zero-order chi connectivity index (χ0) is 14.2. The first kappa shape index (κ1) is 13.7. The van der Waals surface area contributed by atoms with Gasteiger partial charge in [0.05, 0.1) is 12.5 Å². The molecule has 1 unspecified atom stereocenters. The smallest absolute Gasteiger partial charge is 0.375 e. The van der Waals surface area contributed by atoms with Crippen molar-refractivity contribution in [2.45, 2.75) is 20.3 Å². The minimum atomic E-state index is -0.966. The Morgan fingerprint density at radius 3 is 2.74 bits per heavy atom. The van der Waals surface area contributed by atoms with Crippen LogP contribution >= 0.6 is 11.6 Å². The summed E-state index contributed by atoms with van der Waals surface area (Å²) in [5.74, 6) is -3.05. The number of benzene rings is 1. The highest BCUT2D eigenvalue weighted by Crippen LogP contribution is 2.31. The van der Waals surface area contributed by atoms with Crippen molar-refractivity contribution in [1.82, 2.24) is 0 Å². The summed E-state index contributed by atoms with van der Waals surface area (Å²) in [5, 5.41) is 0.483. The van der Waals surface area contributed by atoms with Crippen LogP contribution in [0.15, 0.2) is 12.1 Å². The maximum atomic E-state index is 12.1. The molecule has 2 rings (SSSR count). The highest BCUT2D eigenvalue weighted by atomic mass is 35.5. The fourth-order valence-corrected chi connectivity index (χ4v) is 2.36. The average Bonchev–Trinajstić information content (AvgIpc) is 2.67. The van der Waals surface area contributed by atoms with Crippen molar-refractivity contribution >= 4 is 29.1 Å². The van der Waals surface area contributed by atoms with E-state index in [2.05, 4.69) is 4.74 Å². The van der Waals surface area contributed by atoms with E-state index in [4.69, 9.17) is 11.6 Å². The number of halogens is 1. The first-order valence-corrected chi connectivity index (χ1v) is 6.37. The molecule has 19 heavy (non-hydrogen) atoms. The second-order valence-corrected chi connectivity index (χ2v) is 4.87. The lowest BCUT2D eigenvalue weighted by Crippen LogP contribution is -2.29. The zero-order valence-electron chi connectivity index (χ0n) is 10.7. The first-order chi connectivity index (χ1) is 8.95. The molecule has 1 aromatic rings. The van der Waals surface area contributed by atoms with Crippen molar-refractivity contribution in [2.24, 2.45) is 5.92 Å². The molecule has 0 saturated heterocycles. The summed E-state index contributed by atoms with van der Waals surface area (Å²) in [5.41, 5.74) is 2.03. The second kappa shape index (κ2) is 5.13. The van der Waals surface area contributed by atoms with Crippen molar-refractivity contribution < 1.29 is 19.1 Å². The molecule has 4 nitrogen and oxygen atoms in total. The molecule has 0 amide bonds. The van der Waals surface area contributed by atoms with Gasteiger partial charge in [-0.15, -0.1) is 0 Å². The summed E-state index contributed by atoms with van der Waals surface area (Å²) in [6, 6.07) is 3.35. The number of aryl methyl sites for hydroxylation is 1. The van der Waals surface area contributed by atoms with Gasteiger partial charge in [0, 0.05) is 10.6 Å². The van der Waals surface area contributed by atoms with Crippen molar-refractivity contribution in [3.63, 3.8) is 0 Å². The Balaban J connectivity index is 2.29. The normalized spacial score (nSPS) is 17.2. The molecule has 0 bridgehead atoms.